The van der Waals surface area contributed by atoms with Gasteiger partial charge in [0.1, 0.15) is 4.90 Å². The largest absolute Gasteiger partial charge is 0.326 e. The Hall–Kier alpha value is -0.990. The predicted molar refractivity (Wildman–Crippen MR) is 85.1 cm³/mol. The van der Waals surface area contributed by atoms with Crippen molar-refractivity contribution in [2.24, 2.45) is 5.73 Å². The van der Waals surface area contributed by atoms with Gasteiger partial charge in [-0.25, -0.2) is 18.1 Å². The van der Waals surface area contributed by atoms with Gasteiger partial charge in [0.15, 0.2) is 0 Å². The standard InChI is InChI=1S/C13H16ClN3O2S2/c1-9-17-11(8-20-9)4-5-16-21(18,19)13-6-10(7-15)2-3-12(13)14/h2-3,6,8,16H,4-5,7,15H2,1H3. The number of aryl methyl sites for hydroxylation is 1. The summed E-state index contributed by atoms with van der Waals surface area (Å²) < 4.78 is 27.1. The lowest BCUT2D eigenvalue weighted by Gasteiger charge is -2.09. The Morgan fingerprint density at radius 2 is 2.19 bits per heavy atom. The molecule has 0 spiro atoms. The van der Waals surface area contributed by atoms with Crippen LogP contribution in [-0.2, 0) is 23.0 Å². The van der Waals surface area contributed by atoms with Crippen LogP contribution >= 0.6 is 22.9 Å². The smallest absolute Gasteiger partial charge is 0.242 e. The fourth-order valence-corrected chi connectivity index (χ4v) is 4.02. The fraction of sp³-hybridized carbons (Fsp3) is 0.308. The second-order valence-electron chi connectivity index (χ2n) is 4.47. The number of hydrogen-bond acceptors (Lipinski definition) is 5. The van der Waals surface area contributed by atoms with Gasteiger partial charge in [-0.15, -0.1) is 11.3 Å². The van der Waals surface area contributed by atoms with Gasteiger partial charge < -0.3 is 5.73 Å². The molecule has 3 N–H and O–H groups in total. The van der Waals surface area contributed by atoms with Crippen molar-refractivity contribution in [1.82, 2.24) is 9.71 Å². The van der Waals surface area contributed by atoms with Gasteiger partial charge in [-0.05, 0) is 24.6 Å². The molecule has 0 saturated carbocycles. The molecule has 8 heteroatoms. The summed E-state index contributed by atoms with van der Waals surface area (Å²) in [6.45, 7) is 2.45. The van der Waals surface area contributed by atoms with Crippen LogP contribution in [0.1, 0.15) is 16.3 Å². The van der Waals surface area contributed by atoms with E-state index in [1.807, 2.05) is 12.3 Å². The highest BCUT2D eigenvalue weighted by Gasteiger charge is 2.18. The summed E-state index contributed by atoms with van der Waals surface area (Å²) in [5.74, 6) is 0. The maximum atomic E-state index is 12.3. The molecule has 0 aliphatic heterocycles. The fourth-order valence-electron chi connectivity index (χ4n) is 1.79. The topological polar surface area (TPSA) is 85.1 Å². The lowest BCUT2D eigenvalue weighted by molar-refractivity contribution is 0.581. The van der Waals surface area contributed by atoms with E-state index in [9.17, 15) is 8.42 Å². The van der Waals surface area contributed by atoms with Crippen molar-refractivity contribution in [3.05, 3.63) is 44.9 Å². The average molecular weight is 346 g/mol. The summed E-state index contributed by atoms with van der Waals surface area (Å²) in [6.07, 6.45) is 0.539. The van der Waals surface area contributed by atoms with Gasteiger partial charge in [0, 0.05) is 24.9 Å². The average Bonchev–Trinajstić information content (AvgIpc) is 2.84. The van der Waals surface area contributed by atoms with E-state index in [-0.39, 0.29) is 23.0 Å². The monoisotopic (exact) mass is 345 g/mol. The van der Waals surface area contributed by atoms with E-state index >= 15 is 0 Å². The third-order valence-electron chi connectivity index (χ3n) is 2.86. The normalized spacial score (nSPS) is 11.8. The maximum absolute atomic E-state index is 12.3. The maximum Gasteiger partial charge on any atom is 0.242 e. The second-order valence-corrected chi connectivity index (χ2v) is 7.68. The number of sulfonamides is 1. The third kappa shape index (κ3) is 4.24. The number of nitrogens with one attached hydrogen (secondary N) is 1. The van der Waals surface area contributed by atoms with Crippen LogP contribution < -0.4 is 10.5 Å². The van der Waals surface area contributed by atoms with E-state index in [0.29, 0.717) is 6.42 Å². The molecule has 0 amide bonds. The molecule has 0 unspecified atom stereocenters. The molecule has 0 bridgehead atoms. The van der Waals surface area contributed by atoms with Crippen LogP contribution in [0, 0.1) is 6.92 Å². The summed E-state index contributed by atoms with van der Waals surface area (Å²) in [5, 5.41) is 3.07. The Morgan fingerprint density at radius 1 is 1.43 bits per heavy atom. The van der Waals surface area contributed by atoms with Gasteiger partial charge in [0.2, 0.25) is 10.0 Å². The molecular formula is C13H16ClN3O2S2. The highest BCUT2D eigenvalue weighted by Crippen LogP contribution is 2.22. The first-order chi connectivity index (χ1) is 9.92. The highest BCUT2D eigenvalue weighted by atomic mass is 35.5. The number of thiazole rings is 1. The molecule has 21 heavy (non-hydrogen) atoms. The van der Waals surface area contributed by atoms with Crippen molar-refractivity contribution in [1.29, 1.82) is 0 Å². The molecule has 0 saturated heterocycles. The molecule has 1 aromatic carbocycles. The lowest BCUT2D eigenvalue weighted by Crippen LogP contribution is -2.26. The number of rotatable bonds is 6. The number of halogens is 1. The van der Waals surface area contributed by atoms with E-state index in [2.05, 4.69) is 9.71 Å². The third-order valence-corrected chi connectivity index (χ3v) is 5.63. The van der Waals surface area contributed by atoms with E-state index in [1.165, 1.54) is 6.07 Å². The van der Waals surface area contributed by atoms with Crippen LogP contribution in [0.15, 0.2) is 28.5 Å². The molecule has 0 radical (unpaired) electrons. The summed E-state index contributed by atoms with van der Waals surface area (Å²) in [6, 6.07) is 4.75. The molecule has 2 aromatic rings. The Labute approximate surface area is 133 Å². The summed E-state index contributed by atoms with van der Waals surface area (Å²) in [7, 11) is -3.65. The minimum atomic E-state index is -3.65. The molecule has 0 fully saturated rings. The quantitative estimate of drug-likeness (QED) is 0.839. The first kappa shape index (κ1) is 16.4. The van der Waals surface area contributed by atoms with Crippen LogP contribution in [0.25, 0.3) is 0 Å². The highest BCUT2D eigenvalue weighted by molar-refractivity contribution is 7.89. The van der Waals surface area contributed by atoms with Crippen molar-refractivity contribution >= 4 is 33.0 Å². The predicted octanol–water partition coefficient (Wildman–Crippen LogP) is 2.08. The van der Waals surface area contributed by atoms with Crippen molar-refractivity contribution < 1.29 is 8.42 Å². The number of benzene rings is 1. The number of nitrogens with zero attached hydrogens (tertiary/aromatic N) is 1. The zero-order valence-electron chi connectivity index (χ0n) is 11.5. The van der Waals surface area contributed by atoms with E-state index in [1.54, 1.807) is 23.5 Å². The lowest BCUT2D eigenvalue weighted by atomic mass is 10.2. The van der Waals surface area contributed by atoms with Gasteiger partial charge in [0.25, 0.3) is 0 Å². The SMILES string of the molecule is Cc1nc(CCNS(=O)(=O)c2cc(CN)ccc2Cl)cs1. The van der Waals surface area contributed by atoms with Gasteiger partial charge in [-0.2, -0.15) is 0 Å². The van der Waals surface area contributed by atoms with E-state index in [0.717, 1.165) is 16.3 Å². The van der Waals surface area contributed by atoms with Crippen molar-refractivity contribution in [2.75, 3.05) is 6.54 Å². The van der Waals surface area contributed by atoms with Crippen LogP contribution in [0.3, 0.4) is 0 Å². The summed E-state index contributed by atoms with van der Waals surface area (Å²) >= 11 is 7.51. The van der Waals surface area contributed by atoms with Crippen molar-refractivity contribution in [3.8, 4) is 0 Å². The molecule has 0 aliphatic rings. The van der Waals surface area contributed by atoms with Gasteiger partial charge in [0.05, 0.1) is 15.7 Å². The van der Waals surface area contributed by atoms with Crippen LogP contribution in [0.5, 0.6) is 0 Å². The Bertz CT molecular complexity index is 729. The Kier molecular flexibility index (Phi) is 5.34. The minimum Gasteiger partial charge on any atom is -0.326 e. The number of nitrogens with two attached hydrogens (primary N) is 1. The first-order valence-electron chi connectivity index (χ1n) is 6.31. The molecule has 1 heterocycles. The molecule has 5 nitrogen and oxygen atoms in total. The second kappa shape index (κ2) is 6.85. The van der Waals surface area contributed by atoms with Gasteiger partial charge in [-0.3, -0.25) is 0 Å². The summed E-state index contributed by atoms with van der Waals surface area (Å²) in [4.78, 5) is 4.35. The van der Waals surface area contributed by atoms with Crippen LogP contribution in [0.4, 0.5) is 0 Å². The Balaban J connectivity index is 2.07. The summed E-state index contributed by atoms with van der Waals surface area (Å²) in [5.41, 5.74) is 7.12. The zero-order valence-corrected chi connectivity index (χ0v) is 13.9. The molecule has 2 rings (SSSR count). The van der Waals surface area contributed by atoms with Crippen molar-refractivity contribution in [2.45, 2.75) is 24.8 Å². The van der Waals surface area contributed by atoms with Crippen LogP contribution in [0.2, 0.25) is 5.02 Å². The number of hydrogen-bond donors (Lipinski definition) is 2. The molecule has 1 aromatic heterocycles. The zero-order chi connectivity index (χ0) is 15.5. The van der Waals surface area contributed by atoms with Gasteiger partial charge >= 0.3 is 0 Å². The van der Waals surface area contributed by atoms with E-state index in [4.69, 9.17) is 17.3 Å². The van der Waals surface area contributed by atoms with E-state index < -0.39 is 10.0 Å². The van der Waals surface area contributed by atoms with Gasteiger partial charge in [-0.1, -0.05) is 17.7 Å². The number of aromatic nitrogens is 1. The molecule has 114 valence electrons. The molecule has 0 atom stereocenters. The molecule has 0 aliphatic carbocycles. The Morgan fingerprint density at radius 3 is 2.81 bits per heavy atom. The minimum absolute atomic E-state index is 0.0570. The first-order valence-corrected chi connectivity index (χ1v) is 9.05. The molecular weight excluding hydrogens is 330 g/mol. The van der Waals surface area contributed by atoms with Crippen LogP contribution in [-0.4, -0.2) is 19.9 Å². The van der Waals surface area contributed by atoms with Crippen molar-refractivity contribution in [3.63, 3.8) is 0 Å².